The predicted molar refractivity (Wildman–Crippen MR) is 625 cm³/mol. The smallest absolute Gasteiger partial charge is 0.115 e. The lowest BCUT2D eigenvalue weighted by Gasteiger charge is -2.58. The molecule has 40 unspecified atom stereocenters. The molecule has 0 aromatic heterocycles. The zero-order valence-electron chi connectivity index (χ0n) is 40.1. The first kappa shape index (κ1) is 106. The third-order valence-corrected chi connectivity index (χ3v) is 276. The third-order valence-electron chi connectivity index (χ3n) is 9.54. The second-order valence-electron chi connectivity index (χ2n) is 14.3. The minimum Gasteiger partial charge on any atom is -0.115 e. The molecule has 0 saturated carbocycles. The average molecular weight is 2270 g/mol. The molecule has 0 saturated heterocycles. The van der Waals surface area contributed by atoms with Gasteiger partial charge in [0.25, 0.3) is 0 Å². The Morgan fingerprint density at radius 3 is 0.342 bits per heavy atom. The lowest BCUT2D eigenvalue weighted by Crippen LogP contribution is -2.73. The summed E-state index contributed by atoms with van der Waals surface area (Å²) in [7, 11) is 136. The molecule has 0 aromatic rings. The Hall–Kier alpha value is 29.8. The van der Waals surface area contributed by atoms with E-state index in [9.17, 15) is 0 Å². The molecule has 0 bridgehead atoms. The molecule has 0 spiro atoms. The van der Waals surface area contributed by atoms with E-state index in [-0.39, 0.29) is 0 Å². The van der Waals surface area contributed by atoms with Gasteiger partial charge in [-0.2, -0.15) is 0 Å². The van der Waals surface area contributed by atoms with E-state index in [1.807, 2.05) is 0 Å². The quantitative estimate of drug-likeness (QED) is 0.0433. The highest BCUT2D eigenvalue weighted by atomic mass is 33.1. The van der Waals surface area contributed by atoms with E-state index in [4.69, 9.17) is 0 Å². The van der Waals surface area contributed by atoms with E-state index in [1.165, 1.54) is 0 Å². The number of hydrogen-bond acceptors (Lipinski definition) is 0. The van der Waals surface area contributed by atoms with E-state index in [2.05, 4.69) is 348 Å². The molecule has 0 heterocycles. The van der Waals surface area contributed by atoms with Crippen molar-refractivity contribution >= 4 is 602 Å². The van der Waals surface area contributed by atoms with Gasteiger partial charge in [0, 0.05) is 6.39 Å². The van der Waals surface area contributed by atoms with Crippen LogP contribution in [0.4, 0.5) is 0 Å². The van der Waals surface area contributed by atoms with Crippen molar-refractivity contribution in [2.45, 2.75) is 0 Å². The van der Waals surface area contributed by atoms with Gasteiger partial charge in [0.2, 0.25) is 0 Å². The standard InChI is InChI=1S/B8H78P68/c9-48(58(10)11)4(49(59(12)13)60(14)15)2(6(52(65(24)25)66(26)27)53(67(28)29)68(30)31)1(5(50(61(16)17)62(18)19)51(63(20)21)64(22)23)3(7(54(69(32)33)70(34)35)55(71(36)37)72(38)39)8(56(73(40)41)74(42)43)57(75(44)45)76(46)47/h9-47H2. The number of hydrogen-bond donors (Lipinski definition) is 0. The first-order chi connectivity index (χ1) is 34.5. The molecule has 0 fully saturated rings. The van der Waals surface area contributed by atoms with Crippen LogP contribution >= 0.6 is 553 Å². The van der Waals surface area contributed by atoms with Crippen molar-refractivity contribution in [2.75, 3.05) is 0 Å². The zero-order valence-corrected chi connectivity index (χ0v) is 111. The summed E-state index contributed by atoms with van der Waals surface area (Å²) in [4.78, 5) is 0. The predicted octanol–water partition coefficient (Wildman–Crippen LogP) is 34.6. The fraction of sp³-hybridized carbons (Fsp3) is 0. The first-order valence-corrected chi connectivity index (χ1v) is 135. The van der Waals surface area contributed by atoms with Gasteiger partial charge in [-0.25, -0.2) is 0 Å². The van der Waals surface area contributed by atoms with Gasteiger partial charge in [-0.15, -0.1) is 348 Å². The van der Waals surface area contributed by atoms with Crippen molar-refractivity contribution in [1.29, 1.82) is 0 Å². The second kappa shape index (κ2) is 56.9. The van der Waals surface area contributed by atoms with Crippen LogP contribution in [0.2, 0.25) is 0 Å². The molecule has 0 N–H and O–H groups in total. The Labute approximate surface area is 593 Å². The van der Waals surface area contributed by atoms with Crippen molar-refractivity contribution in [2.24, 2.45) is 0 Å². The summed E-state index contributed by atoms with van der Waals surface area (Å²) in [6, 6.07) is 3.18. The van der Waals surface area contributed by atoms with Crippen LogP contribution in [0, 0.1) is 0 Å². The molecule has 0 aliphatic rings. The summed E-state index contributed by atoms with van der Waals surface area (Å²) in [5, 5.41) is 0. The largest absolute Gasteiger partial charge is 0.177 e. The van der Waals surface area contributed by atoms with Gasteiger partial charge >= 0.3 is 0 Å². The molecule has 0 rings (SSSR count). The molecule has 0 nitrogen and oxygen atoms in total. The lowest BCUT2D eigenvalue weighted by molar-refractivity contribution is 3.40. The van der Waals surface area contributed by atoms with Gasteiger partial charge in [0.1, 0.15) is 0 Å². The SMILES string of the molecule is PP(P)P(P)B(B(B(B(B(P(P(P)P)P(P)P)P(P(P)P)P(P)P)B(P(P(P)P)P(P)P)P(P(P)P)P(P)P)B(P(P(P)P)P(P)P)P(P(P)P)P(P)P)B(P(P(P)P)P(P)P)P(P(P)P)P(P)P)P(P(P)P)P(P)P. The lowest BCUT2D eigenvalue weighted by atomic mass is 8.65. The fourth-order valence-corrected chi connectivity index (χ4v) is 451. The van der Waals surface area contributed by atoms with Crippen LogP contribution < -0.4 is 0 Å². The van der Waals surface area contributed by atoms with Crippen LogP contribution in [0.5, 0.6) is 0 Å². The zero-order chi connectivity index (χ0) is 60.4. The summed E-state index contributed by atoms with van der Waals surface area (Å²) in [6.45, 7) is -7.95. The molecule has 40 atom stereocenters. The van der Waals surface area contributed by atoms with Crippen molar-refractivity contribution in [3.63, 3.8) is 0 Å². The summed E-state index contributed by atoms with van der Waals surface area (Å²) in [5.41, 5.74) is 0. The number of rotatable bonds is 36. The molecule has 76 heavy (non-hydrogen) atoms. The minimum atomic E-state index is -0.495. The van der Waals surface area contributed by atoms with Crippen LogP contribution in [0.25, 0.3) is 0 Å². The molecule has 0 radical (unpaired) electrons. The van der Waals surface area contributed by atoms with E-state index in [0.29, 0.717) is 49.4 Å². The maximum Gasteiger partial charge on any atom is 0.177 e. The van der Waals surface area contributed by atoms with Crippen LogP contribution in [-0.4, -0.2) is 49.4 Å². The Balaban J connectivity index is 12.3. The molecule has 0 aliphatic carbocycles. The summed E-state index contributed by atoms with van der Waals surface area (Å²) < 4.78 is 0. The Morgan fingerprint density at radius 2 is 0.224 bits per heavy atom. The molecule has 76 heteroatoms. The second-order valence-corrected chi connectivity index (χ2v) is 252. The Bertz CT molecular complexity index is 1310. The van der Waals surface area contributed by atoms with E-state index >= 15 is 0 Å². The van der Waals surface area contributed by atoms with Crippen LogP contribution in [0.1, 0.15) is 0 Å². The Kier molecular flexibility index (Phi) is 79.2. The topological polar surface area (TPSA) is 0 Å². The first-order valence-electron chi connectivity index (χ1n) is 18.8. The van der Waals surface area contributed by atoms with Crippen molar-refractivity contribution in [3.05, 3.63) is 0 Å². The molecular formula is H78B8P68. The van der Waals surface area contributed by atoms with Crippen molar-refractivity contribution in [3.8, 4) is 0 Å². The molecule has 0 amide bonds. The summed E-state index contributed by atoms with van der Waals surface area (Å²) in [5.74, 6) is 0. The van der Waals surface area contributed by atoms with E-state index < -0.39 is 205 Å². The van der Waals surface area contributed by atoms with E-state index in [1.54, 1.807) is 0 Å². The van der Waals surface area contributed by atoms with Crippen molar-refractivity contribution in [1.82, 2.24) is 0 Å². The van der Waals surface area contributed by atoms with Gasteiger partial charge in [0.15, 0.2) is 30.2 Å². The summed E-state index contributed by atoms with van der Waals surface area (Å²) in [6.07, 6.45) is 1.68. The monoisotopic (exact) mass is 2270 g/mol. The fourth-order valence-electron chi connectivity index (χ4n) is 7.46. The third kappa shape index (κ3) is 36.3. The molecule has 442 valence electrons. The average Bonchev–Trinajstić information content (AvgIpc) is 3.19. The molecular weight excluding hydrogens is 2190 g/mol. The van der Waals surface area contributed by atoms with Gasteiger partial charge in [-0.3, -0.25) is 0 Å². The van der Waals surface area contributed by atoms with Crippen molar-refractivity contribution < 1.29 is 0 Å². The maximum absolute atomic E-state index is 3.82. The van der Waals surface area contributed by atoms with Gasteiger partial charge in [0.05, 0.1) is 12.8 Å². The van der Waals surface area contributed by atoms with Crippen LogP contribution in [0.15, 0.2) is 0 Å². The van der Waals surface area contributed by atoms with E-state index in [0.717, 1.165) is 0 Å². The van der Waals surface area contributed by atoms with Gasteiger partial charge < -0.3 is 0 Å². The highest BCUT2D eigenvalue weighted by Crippen LogP contribution is 3.15. The van der Waals surface area contributed by atoms with Crippen LogP contribution in [-0.2, 0) is 0 Å². The van der Waals surface area contributed by atoms with Crippen LogP contribution in [0.3, 0.4) is 0 Å². The maximum atomic E-state index is 3.82. The van der Waals surface area contributed by atoms with Gasteiger partial charge in [-0.1, -0.05) is 71.8 Å². The molecule has 0 aliphatic heterocycles. The highest BCUT2D eigenvalue weighted by Gasteiger charge is 2.69. The minimum absolute atomic E-state index is 0.407. The van der Waals surface area contributed by atoms with Gasteiger partial charge in [-0.05, 0) is 133 Å². The normalized spacial score (nSPS) is 14.1. The molecule has 0 aromatic carbocycles. The highest BCUT2D eigenvalue weighted by molar-refractivity contribution is 9.22. The Morgan fingerprint density at radius 1 is 0.118 bits per heavy atom. The summed E-state index contributed by atoms with van der Waals surface area (Å²) >= 11 is 0.